The molecule has 5 fully saturated rings. The van der Waals surface area contributed by atoms with Crippen molar-refractivity contribution in [2.75, 3.05) is 99.2 Å². The summed E-state index contributed by atoms with van der Waals surface area (Å²) < 4.78 is 32.6. The second-order valence-corrected chi connectivity index (χ2v) is 28.8. The highest BCUT2D eigenvalue weighted by Gasteiger charge is 2.52. The zero-order chi connectivity index (χ0) is 72.1. The van der Waals surface area contributed by atoms with Crippen LogP contribution in [0.1, 0.15) is 100 Å². The molecule has 30 heteroatoms. The summed E-state index contributed by atoms with van der Waals surface area (Å²) in [5.74, 6) is 1.44. The summed E-state index contributed by atoms with van der Waals surface area (Å²) in [6.45, 7) is 21.1. The largest absolute Gasteiger partial charge is 0.496 e. The number of aromatic nitrogens is 12. The molecule has 0 aromatic carbocycles. The number of hydrogen-bond acceptors (Lipinski definition) is 22. The number of carbonyl (C=O) groups is 2. The zero-order valence-electron chi connectivity index (χ0n) is 59.0. The Morgan fingerprint density at radius 3 is 1.43 bits per heavy atom. The van der Waals surface area contributed by atoms with Gasteiger partial charge in [0.15, 0.2) is 24.2 Å². The third kappa shape index (κ3) is 14.5. The number of piperazine rings is 2. The third-order valence-electron chi connectivity index (χ3n) is 21.4. The molecular formula is C76H90BClN18O10. The lowest BCUT2D eigenvalue weighted by Crippen LogP contribution is -2.56. The first-order chi connectivity index (χ1) is 50.3. The third-order valence-corrected chi connectivity index (χ3v) is 21.8. The molecule has 106 heavy (non-hydrogen) atoms. The van der Waals surface area contributed by atoms with Crippen molar-refractivity contribution in [2.45, 2.75) is 117 Å². The summed E-state index contributed by atoms with van der Waals surface area (Å²) in [5.41, 5.74) is 5.48. The van der Waals surface area contributed by atoms with Crippen LogP contribution in [-0.4, -0.2) is 189 Å². The molecule has 17 rings (SSSR count). The highest BCUT2D eigenvalue weighted by Crippen LogP contribution is 2.37. The van der Waals surface area contributed by atoms with Crippen LogP contribution in [0.3, 0.4) is 0 Å². The lowest BCUT2D eigenvalue weighted by Gasteiger charge is -2.43. The summed E-state index contributed by atoms with van der Waals surface area (Å²) in [7, 11) is 2.84. The van der Waals surface area contributed by atoms with Gasteiger partial charge in [-0.1, -0.05) is 26.5 Å². The highest BCUT2D eigenvalue weighted by atomic mass is 35.5. The maximum atomic E-state index is 13.7. The zero-order valence-corrected chi connectivity index (χ0v) is 59.8. The number of pyridine rings is 6. The van der Waals surface area contributed by atoms with Gasteiger partial charge in [0, 0.05) is 150 Å². The van der Waals surface area contributed by atoms with E-state index in [1.807, 2.05) is 70.7 Å². The van der Waals surface area contributed by atoms with Gasteiger partial charge in [-0.25, -0.2) is 19.9 Å². The fourth-order valence-electron chi connectivity index (χ4n) is 14.6. The van der Waals surface area contributed by atoms with Crippen LogP contribution in [-0.2, 0) is 58.8 Å². The SMILES string of the molecule is C.C.Cn1cc(-c2ccnc(-n3ncc4c5n(cc4c3=O)CCCC5)c2C=O)cc(Nc2ccc(N3CCN(C4COC4)CC3)cn2)c1=O.Cn1cc(B2OC(C)(C)C(C)(C)O2)cc(Nc2ccc(N3CCN(C4COC4)CC3)cn2)c1=O.O=Cc1c(Cl)ccnc1-n1ncc2c3n(cc2c1=O)CCCC3. The Balaban J connectivity index is 0.000000148. The average molecular weight is 1460 g/mol. The Kier molecular flexibility index (Phi) is 21.6. The van der Waals surface area contributed by atoms with E-state index >= 15 is 0 Å². The van der Waals surface area contributed by atoms with Crippen molar-refractivity contribution < 1.29 is 28.4 Å². The standard InChI is InChI=1S/C34H35N9O4.C24H34BN5O4.C16H13ClN4O2.2CH4/c1-39-17-22(14-29(34(39)46)38-31-6-5-23(15-36-31)40-10-12-41(13-11-40)24-20-47-21-24)25-7-8-35-32(28(25)19-44)43-33(45)27-18-42-9-3-2-4-30(42)26(27)16-37-43;1-23(2)24(3,4)34-25(33-23)17-12-20(22(31)28(5)14-17)27-21-7-6-18(13-26-21)29-8-10-30(11-9-29)19-15-32-16-19;17-13-4-5-18-15(12(13)9-22)21-16(23)11-8-20-6-2-1-3-14(20)10(11)7-19-21;;/h5-8,14-19,24H,2-4,9-13,20-21H2,1H3,(H,36,38);6-7,12-14,19H,8-11,15-16H2,1-5H3,(H,26,27);4-5,7-9H,1-3,6H2;2*1H4. The minimum absolute atomic E-state index is 0. The van der Waals surface area contributed by atoms with Gasteiger partial charge in [-0.2, -0.15) is 19.6 Å². The van der Waals surface area contributed by atoms with E-state index in [0.29, 0.717) is 69.6 Å². The van der Waals surface area contributed by atoms with E-state index in [0.717, 1.165) is 174 Å². The van der Waals surface area contributed by atoms with Gasteiger partial charge in [-0.15, -0.1) is 0 Å². The number of aryl methyl sites for hydroxylation is 6. The van der Waals surface area contributed by atoms with Crippen LogP contribution in [0.15, 0.2) is 130 Å². The van der Waals surface area contributed by atoms with Gasteiger partial charge in [-0.05, 0) is 120 Å². The number of halogens is 1. The maximum Gasteiger partial charge on any atom is 0.496 e. The predicted octanol–water partition coefficient (Wildman–Crippen LogP) is 7.76. The predicted molar refractivity (Wildman–Crippen MR) is 411 cm³/mol. The summed E-state index contributed by atoms with van der Waals surface area (Å²) in [4.78, 5) is 104. The van der Waals surface area contributed by atoms with Crippen LogP contribution in [0.25, 0.3) is 44.3 Å². The summed E-state index contributed by atoms with van der Waals surface area (Å²) in [6, 6.07) is 15.7. The fourth-order valence-corrected chi connectivity index (χ4v) is 14.7. The number of rotatable bonds is 14. The Labute approximate surface area is 618 Å². The van der Waals surface area contributed by atoms with Crippen molar-refractivity contribution in [3.63, 3.8) is 0 Å². The lowest BCUT2D eigenvalue weighted by molar-refractivity contribution is -0.0660. The Hall–Kier alpha value is -10.0. The van der Waals surface area contributed by atoms with Gasteiger partial charge in [0.2, 0.25) is 0 Å². The van der Waals surface area contributed by atoms with Crippen molar-refractivity contribution in [3.8, 4) is 22.8 Å². The number of nitrogens with zero attached hydrogens (tertiary/aromatic N) is 16. The molecule has 10 aromatic heterocycles. The first-order valence-corrected chi connectivity index (χ1v) is 35.8. The van der Waals surface area contributed by atoms with E-state index in [2.05, 4.69) is 75.6 Å². The number of aldehydes is 2. The molecular weight excluding hydrogens is 1370 g/mol. The van der Waals surface area contributed by atoms with Crippen LogP contribution in [0.2, 0.25) is 5.02 Å². The lowest BCUT2D eigenvalue weighted by atomic mass is 9.80. The number of fused-ring (bicyclic) bond motifs is 6. The van der Waals surface area contributed by atoms with Gasteiger partial charge in [0.25, 0.3) is 22.2 Å². The molecule has 2 N–H and O–H groups in total. The molecule has 10 aromatic rings. The molecule has 0 unspecified atom stereocenters. The molecule has 7 aliphatic heterocycles. The Bertz CT molecular complexity index is 5150. The maximum absolute atomic E-state index is 13.7. The molecule has 7 aliphatic rings. The first-order valence-electron chi connectivity index (χ1n) is 35.4. The molecule has 0 spiro atoms. The fraction of sp³-hybridized carbons (Fsp3) is 0.421. The molecule has 0 saturated carbocycles. The summed E-state index contributed by atoms with van der Waals surface area (Å²) in [6.07, 6.45) is 24.7. The topological polar surface area (TPSA) is 283 Å². The quantitative estimate of drug-likeness (QED) is 0.0777. The van der Waals surface area contributed by atoms with E-state index in [1.54, 1.807) is 67.8 Å². The van der Waals surface area contributed by atoms with Crippen LogP contribution in [0.5, 0.6) is 0 Å². The number of ether oxygens (including phenoxy) is 2. The van der Waals surface area contributed by atoms with Crippen LogP contribution >= 0.6 is 11.6 Å². The van der Waals surface area contributed by atoms with Crippen LogP contribution < -0.4 is 48.1 Å². The molecule has 0 aliphatic carbocycles. The smallest absolute Gasteiger partial charge is 0.399 e. The molecule has 554 valence electrons. The first kappa shape index (κ1) is 74.3. The van der Waals surface area contributed by atoms with Crippen molar-refractivity contribution in [1.29, 1.82) is 0 Å². The molecule has 0 amide bonds. The van der Waals surface area contributed by atoms with Crippen molar-refractivity contribution in [2.24, 2.45) is 14.1 Å². The van der Waals surface area contributed by atoms with Crippen LogP contribution in [0.4, 0.5) is 34.4 Å². The van der Waals surface area contributed by atoms with Crippen molar-refractivity contribution in [3.05, 3.63) is 179 Å². The van der Waals surface area contributed by atoms with E-state index in [4.69, 9.17) is 30.4 Å². The van der Waals surface area contributed by atoms with Gasteiger partial charge >= 0.3 is 7.12 Å². The number of anilines is 6. The number of nitrogens with one attached hydrogen (secondary N) is 2. The normalized spacial score (nSPS) is 17.8. The van der Waals surface area contributed by atoms with Gasteiger partial charge in [-0.3, -0.25) is 38.6 Å². The van der Waals surface area contributed by atoms with Crippen molar-refractivity contribution in [1.82, 2.24) is 67.6 Å². The van der Waals surface area contributed by atoms with E-state index in [1.165, 1.54) is 21.5 Å². The highest BCUT2D eigenvalue weighted by molar-refractivity contribution is 6.62. The van der Waals surface area contributed by atoms with Gasteiger partial charge < -0.3 is 57.5 Å². The molecule has 0 atom stereocenters. The number of hydrogen-bond donors (Lipinski definition) is 2. The molecule has 17 heterocycles. The average Bonchev–Trinajstić information content (AvgIpc) is 1.55. The minimum atomic E-state index is -0.544. The molecule has 0 radical (unpaired) electrons. The second-order valence-electron chi connectivity index (χ2n) is 28.4. The minimum Gasteiger partial charge on any atom is -0.399 e. The Morgan fingerprint density at radius 2 is 0.981 bits per heavy atom. The monoisotopic (exact) mass is 1460 g/mol. The summed E-state index contributed by atoms with van der Waals surface area (Å²) in [5, 5.41) is 18.1. The molecule has 5 saturated heterocycles. The van der Waals surface area contributed by atoms with Crippen LogP contribution in [0, 0.1) is 0 Å². The van der Waals surface area contributed by atoms with E-state index < -0.39 is 18.3 Å². The van der Waals surface area contributed by atoms with Gasteiger partial charge in [0.05, 0.1) is 113 Å². The van der Waals surface area contributed by atoms with Crippen molar-refractivity contribution >= 4 is 92.7 Å². The number of carbonyl (C=O) groups excluding carboxylic acids is 2. The van der Waals surface area contributed by atoms with E-state index in [9.17, 15) is 28.8 Å². The summed E-state index contributed by atoms with van der Waals surface area (Å²) >= 11 is 6.01. The molecule has 0 bridgehead atoms. The van der Waals surface area contributed by atoms with Gasteiger partial charge in [0.1, 0.15) is 23.0 Å². The second kappa shape index (κ2) is 30.8. The Morgan fingerprint density at radius 1 is 0.519 bits per heavy atom. The molecule has 28 nitrogen and oxygen atoms in total. The van der Waals surface area contributed by atoms with E-state index in [-0.39, 0.29) is 64.9 Å².